The molecule has 0 saturated carbocycles. The first-order valence-corrected chi connectivity index (χ1v) is 7.86. The van der Waals surface area contributed by atoms with Crippen molar-refractivity contribution in [3.8, 4) is 0 Å². The number of allylic oxidation sites excluding steroid dienone is 2. The molecule has 0 aliphatic carbocycles. The first-order valence-electron chi connectivity index (χ1n) is 7.86. The molecule has 0 aromatic carbocycles. The summed E-state index contributed by atoms with van der Waals surface area (Å²) in [6, 6.07) is 0. The fraction of sp³-hybridized carbons (Fsp3) is 0.471. The largest absolute Gasteiger partial charge is 0.466 e. The molecular weight excluding hydrogens is 308 g/mol. The van der Waals surface area contributed by atoms with Crippen LogP contribution in [0.4, 0.5) is 5.82 Å². The fourth-order valence-corrected chi connectivity index (χ4v) is 2.40. The van der Waals surface area contributed by atoms with E-state index in [9.17, 15) is 9.59 Å². The molecule has 0 spiro atoms. The van der Waals surface area contributed by atoms with E-state index in [4.69, 9.17) is 4.74 Å². The van der Waals surface area contributed by atoms with Gasteiger partial charge < -0.3 is 4.74 Å². The Hall–Kier alpha value is -2.57. The highest BCUT2D eigenvalue weighted by atomic mass is 16.5. The Balaban J connectivity index is 2.28. The first kappa shape index (κ1) is 17.8. The van der Waals surface area contributed by atoms with Gasteiger partial charge in [-0.1, -0.05) is 0 Å². The van der Waals surface area contributed by atoms with Crippen LogP contribution in [0.1, 0.15) is 43.8 Å². The molecule has 0 bridgehead atoms. The Morgan fingerprint density at radius 3 is 2.46 bits per heavy atom. The van der Waals surface area contributed by atoms with Crippen LogP contribution in [0.2, 0.25) is 0 Å². The smallest absolute Gasteiger partial charge is 0.313 e. The van der Waals surface area contributed by atoms with Gasteiger partial charge in [0.1, 0.15) is 6.42 Å². The number of carbonyl (C=O) groups excluding carboxylic acids is 2. The van der Waals surface area contributed by atoms with Crippen LogP contribution < -0.4 is 5.01 Å². The van der Waals surface area contributed by atoms with Crippen molar-refractivity contribution in [2.24, 2.45) is 5.10 Å². The van der Waals surface area contributed by atoms with Gasteiger partial charge in [-0.2, -0.15) is 5.10 Å². The molecule has 0 atom stereocenters. The Morgan fingerprint density at radius 2 is 1.79 bits per heavy atom. The standard InChI is InChI=1S/C17H22N4O3/c1-6-24-16(23)9-15(22)8-14-7-10(2)20-21(14)17-13(5)18-11(3)12(4)19-17/h8H,6-7,9H2,1-5H3/b14-8+. The second-order valence-electron chi connectivity index (χ2n) is 5.71. The van der Waals surface area contributed by atoms with Gasteiger partial charge in [0.15, 0.2) is 11.6 Å². The van der Waals surface area contributed by atoms with E-state index in [0.717, 1.165) is 22.8 Å². The lowest BCUT2D eigenvalue weighted by molar-refractivity contribution is -0.144. The molecule has 0 unspecified atom stereocenters. The summed E-state index contributed by atoms with van der Waals surface area (Å²) in [5.74, 6) is -0.235. The average Bonchev–Trinajstić information content (AvgIpc) is 2.83. The van der Waals surface area contributed by atoms with E-state index in [2.05, 4.69) is 15.1 Å². The summed E-state index contributed by atoms with van der Waals surface area (Å²) in [6.07, 6.45) is 1.69. The molecule has 1 aromatic rings. The van der Waals surface area contributed by atoms with Crippen molar-refractivity contribution < 1.29 is 14.3 Å². The van der Waals surface area contributed by atoms with Crippen molar-refractivity contribution in [2.75, 3.05) is 11.6 Å². The Morgan fingerprint density at radius 1 is 1.12 bits per heavy atom. The highest BCUT2D eigenvalue weighted by Gasteiger charge is 2.24. The zero-order valence-corrected chi connectivity index (χ0v) is 14.7. The van der Waals surface area contributed by atoms with Crippen molar-refractivity contribution in [2.45, 2.75) is 47.5 Å². The normalized spacial score (nSPS) is 15.6. The fourth-order valence-electron chi connectivity index (χ4n) is 2.40. The first-order chi connectivity index (χ1) is 11.3. The molecule has 0 fully saturated rings. The average molecular weight is 330 g/mol. The predicted molar refractivity (Wildman–Crippen MR) is 90.8 cm³/mol. The predicted octanol–water partition coefficient (Wildman–Crippen LogP) is 2.39. The molecule has 0 amide bonds. The van der Waals surface area contributed by atoms with Crippen molar-refractivity contribution in [3.05, 3.63) is 28.9 Å². The van der Waals surface area contributed by atoms with E-state index in [1.807, 2.05) is 27.7 Å². The highest BCUT2D eigenvalue weighted by molar-refractivity contribution is 6.03. The molecule has 128 valence electrons. The van der Waals surface area contributed by atoms with Crippen LogP contribution in [-0.4, -0.2) is 34.0 Å². The Labute approximate surface area is 141 Å². The van der Waals surface area contributed by atoms with Crippen LogP contribution in [0.15, 0.2) is 16.9 Å². The number of aryl methyl sites for hydroxylation is 3. The molecule has 1 aliphatic heterocycles. The van der Waals surface area contributed by atoms with Gasteiger partial charge in [-0.25, -0.2) is 9.99 Å². The van der Waals surface area contributed by atoms with Gasteiger partial charge >= 0.3 is 5.97 Å². The van der Waals surface area contributed by atoms with Gasteiger partial charge in [0.2, 0.25) is 0 Å². The number of rotatable bonds is 5. The third kappa shape index (κ3) is 4.04. The van der Waals surface area contributed by atoms with Crippen molar-refractivity contribution in [3.63, 3.8) is 0 Å². The van der Waals surface area contributed by atoms with Crippen LogP contribution >= 0.6 is 0 Å². The summed E-state index contributed by atoms with van der Waals surface area (Å²) < 4.78 is 4.80. The minimum atomic E-state index is -0.524. The molecule has 2 rings (SSSR count). The van der Waals surface area contributed by atoms with Crippen LogP contribution in [0.5, 0.6) is 0 Å². The summed E-state index contributed by atoms with van der Waals surface area (Å²) in [5.41, 5.74) is 3.96. The second kappa shape index (κ2) is 7.33. The van der Waals surface area contributed by atoms with Gasteiger partial charge in [0.25, 0.3) is 0 Å². The van der Waals surface area contributed by atoms with Gasteiger partial charge in [0.05, 0.1) is 29.4 Å². The van der Waals surface area contributed by atoms with E-state index >= 15 is 0 Å². The number of ether oxygens (including phenoxy) is 1. The molecule has 1 aromatic heterocycles. The number of carbonyl (C=O) groups is 2. The number of hydrazone groups is 1. The SMILES string of the molecule is CCOC(=O)CC(=O)/C=C1\CC(C)=NN1c1nc(C)c(C)nc1C. The van der Waals surface area contributed by atoms with E-state index in [1.54, 1.807) is 11.9 Å². The number of anilines is 1. The molecule has 2 heterocycles. The molecule has 7 heteroatoms. The minimum absolute atomic E-state index is 0.258. The number of esters is 1. The lowest BCUT2D eigenvalue weighted by atomic mass is 10.1. The third-order valence-corrected chi connectivity index (χ3v) is 3.59. The maximum absolute atomic E-state index is 12.1. The van der Waals surface area contributed by atoms with Crippen LogP contribution in [0, 0.1) is 20.8 Å². The van der Waals surface area contributed by atoms with Gasteiger partial charge in [-0.3, -0.25) is 14.6 Å². The summed E-state index contributed by atoms with van der Waals surface area (Å²) in [5, 5.41) is 6.08. The molecular formula is C17H22N4O3. The van der Waals surface area contributed by atoms with E-state index in [-0.39, 0.29) is 18.8 Å². The molecule has 24 heavy (non-hydrogen) atoms. The lowest BCUT2D eigenvalue weighted by Gasteiger charge is -2.18. The quantitative estimate of drug-likeness (QED) is 0.468. The van der Waals surface area contributed by atoms with E-state index < -0.39 is 5.97 Å². The van der Waals surface area contributed by atoms with E-state index in [1.165, 1.54) is 6.08 Å². The minimum Gasteiger partial charge on any atom is -0.466 e. The van der Waals surface area contributed by atoms with Crippen LogP contribution in [0.3, 0.4) is 0 Å². The third-order valence-electron chi connectivity index (χ3n) is 3.59. The monoisotopic (exact) mass is 330 g/mol. The van der Waals surface area contributed by atoms with Gasteiger partial charge in [-0.05, 0) is 34.6 Å². The lowest BCUT2D eigenvalue weighted by Crippen LogP contribution is -2.17. The maximum Gasteiger partial charge on any atom is 0.313 e. The number of nitrogens with zero attached hydrogens (tertiary/aromatic N) is 4. The molecule has 1 aliphatic rings. The summed E-state index contributed by atoms with van der Waals surface area (Å²) in [6.45, 7) is 9.49. The Kier molecular flexibility index (Phi) is 5.43. The number of aromatic nitrogens is 2. The zero-order chi connectivity index (χ0) is 17.9. The summed E-state index contributed by atoms with van der Waals surface area (Å²) in [7, 11) is 0. The summed E-state index contributed by atoms with van der Waals surface area (Å²) in [4.78, 5) is 32.5. The van der Waals surface area contributed by atoms with Crippen molar-refractivity contribution in [1.82, 2.24) is 9.97 Å². The highest BCUT2D eigenvalue weighted by Crippen LogP contribution is 2.28. The number of ketones is 1. The van der Waals surface area contributed by atoms with Crippen molar-refractivity contribution in [1.29, 1.82) is 0 Å². The van der Waals surface area contributed by atoms with Crippen LogP contribution in [0.25, 0.3) is 0 Å². The molecule has 0 radical (unpaired) electrons. The van der Waals surface area contributed by atoms with Gasteiger partial charge in [-0.15, -0.1) is 0 Å². The zero-order valence-electron chi connectivity index (χ0n) is 14.7. The van der Waals surface area contributed by atoms with Crippen LogP contribution in [-0.2, 0) is 14.3 Å². The second-order valence-corrected chi connectivity index (χ2v) is 5.71. The topological polar surface area (TPSA) is 84.8 Å². The van der Waals surface area contributed by atoms with E-state index in [0.29, 0.717) is 17.9 Å². The van der Waals surface area contributed by atoms with Gasteiger partial charge in [0, 0.05) is 18.2 Å². The molecule has 0 N–H and O–H groups in total. The Bertz CT molecular complexity index is 738. The van der Waals surface area contributed by atoms with Crippen molar-refractivity contribution >= 4 is 23.3 Å². The summed E-state index contributed by atoms with van der Waals surface area (Å²) >= 11 is 0. The molecule has 0 saturated heterocycles. The number of hydrogen-bond acceptors (Lipinski definition) is 7. The molecule has 7 nitrogen and oxygen atoms in total. The maximum atomic E-state index is 12.1. The number of hydrogen-bond donors (Lipinski definition) is 0.